The van der Waals surface area contributed by atoms with Crippen molar-refractivity contribution in [1.29, 1.82) is 0 Å². The summed E-state index contributed by atoms with van der Waals surface area (Å²) in [6.45, 7) is 2.78. The van der Waals surface area contributed by atoms with E-state index >= 15 is 0 Å². The van der Waals surface area contributed by atoms with Crippen LogP contribution >= 0.6 is 0 Å². The quantitative estimate of drug-likeness (QED) is 0.377. The van der Waals surface area contributed by atoms with E-state index in [9.17, 15) is 0 Å². The van der Waals surface area contributed by atoms with Crippen LogP contribution in [0.15, 0.2) is 35.5 Å². The highest BCUT2D eigenvalue weighted by molar-refractivity contribution is 5.99. The van der Waals surface area contributed by atoms with Crippen LogP contribution in [0, 0.1) is 0 Å². The zero-order chi connectivity index (χ0) is 15.2. The van der Waals surface area contributed by atoms with Gasteiger partial charge in [-0.15, -0.1) is 0 Å². The fraction of sp³-hybridized carbons (Fsp3) is 0.286. The summed E-state index contributed by atoms with van der Waals surface area (Å²) < 4.78 is 12.4. The third-order valence-corrected chi connectivity index (χ3v) is 2.97. The van der Waals surface area contributed by atoms with Crippen LogP contribution in [-0.4, -0.2) is 29.8 Å². The Balaban J connectivity index is 2.48. The van der Waals surface area contributed by atoms with E-state index in [1.165, 1.54) is 0 Å². The van der Waals surface area contributed by atoms with Crippen molar-refractivity contribution in [3.63, 3.8) is 0 Å². The number of hydrazine groups is 1. The smallest absolute Gasteiger partial charge is 0.168 e. The van der Waals surface area contributed by atoms with E-state index in [-0.39, 0.29) is 0 Å². The largest absolute Gasteiger partial charge is 0.494 e. The Morgan fingerprint density at radius 2 is 1.95 bits per heavy atom. The Hall–Kier alpha value is -2.54. The summed E-state index contributed by atoms with van der Waals surface area (Å²) in [5.41, 5.74) is 3.77. The third-order valence-electron chi connectivity index (χ3n) is 2.97. The number of rotatable bonds is 5. The van der Waals surface area contributed by atoms with E-state index in [4.69, 9.17) is 15.3 Å². The molecule has 7 heteroatoms. The number of benzene rings is 1. The van der Waals surface area contributed by atoms with Crippen LogP contribution < -0.4 is 20.7 Å². The minimum atomic E-state index is 0.435. The maximum atomic E-state index is 5.57. The zero-order valence-corrected chi connectivity index (χ0v) is 12.3. The summed E-state index contributed by atoms with van der Waals surface area (Å²) in [7, 11) is 3.16. The fourth-order valence-corrected chi connectivity index (χ4v) is 1.88. The summed E-state index contributed by atoms with van der Waals surface area (Å²) in [5, 5.41) is 4.37. The van der Waals surface area contributed by atoms with Gasteiger partial charge in [0.25, 0.3) is 0 Å². The molecule has 0 aliphatic carbocycles. The molecule has 21 heavy (non-hydrogen) atoms. The number of aryl methyl sites for hydroxylation is 1. The number of nitrogens with two attached hydrogens (primary N) is 1. The fourth-order valence-electron chi connectivity index (χ4n) is 1.88. The molecular formula is C14H19N5O2. The SMILES string of the molecule is CCn1ccc(C(=Nc2c(OC)cccc2OC)NN)n1. The topological polar surface area (TPSA) is 86.7 Å². The normalized spacial score (nSPS) is 11.3. The van der Waals surface area contributed by atoms with Crippen molar-refractivity contribution in [3.8, 4) is 11.5 Å². The molecule has 0 fully saturated rings. The lowest BCUT2D eigenvalue weighted by Crippen LogP contribution is -2.31. The molecule has 0 bridgehead atoms. The zero-order valence-electron chi connectivity index (χ0n) is 12.3. The number of ether oxygens (including phenoxy) is 2. The highest BCUT2D eigenvalue weighted by atomic mass is 16.5. The Kier molecular flexibility index (Phi) is 4.78. The molecule has 112 valence electrons. The number of nitrogens with one attached hydrogen (secondary N) is 1. The average Bonchev–Trinajstić information content (AvgIpc) is 3.01. The van der Waals surface area contributed by atoms with E-state index < -0.39 is 0 Å². The number of amidine groups is 1. The van der Waals surface area contributed by atoms with Crippen LogP contribution in [0.5, 0.6) is 11.5 Å². The number of para-hydroxylation sites is 1. The van der Waals surface area contributed by atoms with Crippen LogP contribution in [0.4, 0.5) is 5.69 Å². The van der Waals surface area contributed by atoms with E-state index in [1.807, 2.05) is 25.3 Å². The molecule has 1 heterocycles. The first-order valence-corrected chi connectivity index (χ1v) is 6.53. The summed E-state index contributed by atoms with van der Waals surface area (Å²) in [5.74, 6) is 7.20. The molecule has 2 aromatic rings. The minimum Gasteiger partial charge on any atom is -0.494 e. The van der Waals surface area contributed by atoms with Gasteiger partial charge >= 0.3 is 0 Å². The predicted octanol–water partition coefficient (Wildman–Crippen LogP) is 1.46. The van der Waals surface area contributed by atoms with Gasteiger partial charge in [-0.3, -0.25) is 4.68 Å². The second-order valence-electron chi connectivity index (χ2n) is 4.17. The molecule has 3 N–H and O–H groups in total. The van der Waals surface area contributed by atoms with Crippen molar-refractivity contribution in [2.24, 2.45) is 10.8 Å². The molecule has 1 aromatic heterocycles. The Morgan fingerprint density at radius 1 is 1.29 bits per heavy atom. The van der Waals surface area contributed by atoms with Gasteiger partial charge in [0.2, 0.25) is 0 Å². The lowest BCUT2D eigenvalue weighted by Gasteiger charge is -2.10. The van der Waals surface area contributed by atoms with Gasteiger partial charge in [-0.05, 0) is 25.1 Å². The van der Waals surface area contributed by atoms with E-state index in [2.05, 4.69) is 15.5 Å². The second kappa shape index (κ2) is 6.76. The van der Waals surface area contributed by atoms with Crippen LogP contribution in [-0.2, 0) is 6.54 Å². The molecule has 0 atom stereocenters. The van der Waals surface area contributed by atoms with Crippen LogP contribution in [0.3, 0.4) is 0 Å². The molecule has 0 aliphatic heterocycles. The number of methoxy groups -OCH3 is 2. The summed E-state index contributed by atoms with van der Waals surface area (Å²) >= 11 is 0. The van der Waals surface area contributed by atoms with Gasteiger partial charge in [0.1, 0.15) is 22.9 Å². The number of aromatic nitrogens is 2. The maximum absolute atomic E-state index is 5.57. The Labute approximate surface area is 123 Å². The van der Waals surface area contributed by atoms with Gasteiger partial charge in [0.05, 0.1) is 14.2 Å². The van der Waals surface area contributed by atoms with Crippen molar-refractivity contribution < 1.29 is 9.47 Å². The van der Waals surface area contributed by atoms with Gasteiger partial charge in [-0.25, -0.2) is 10.8 Å². The molecule has 0 spiro atoms. The minimum absolute atomic E-state index is 0.435. The monoisotopic (exact) mass is 289 g/mol. The summed E-state index contributed by atoms with van der Waals surface area (Å²) in [6, 6.07) is 7.28. The lowest BCUT2D eigenvalue weighted by atomic mass is 10.2. The number of hydrogen-bond acceptors (Lipinski definition) is 5. The molecule has 0 saturated carbocycles. The van der Waals surface area contributed by atoms with Gasteiger partial charge in [0.15, 0.2) is 5.84 Å². The first-order valence-electron chi connectivity index (χ1n) is 6.53. The van der Waals surface area contributed by atoms with Crippen LogP contribution in [0.25, 0.3) is 0 Å². The standard InChI is InChI=1S/C14H19N5O2/c1-4-19-9-8-10(18-19)14(17-15)16-13-11(20-2)6-5-7-12(13)21-3/h5-9H,4,15H2,1-3H3,(H,16,17). The number of nitrogens with zero attached hydrogens (tertiary/aromatic N) is 3. The third kappa shape index (κ3) is 3.14. The predicted molar refractivity (Wildman–Crippen MR) is 81.0 cm³/mol. The number of aliphatic imine (C=N–C) groups is 1. The Morgan fingerprint density at radius 3 is 2.43 bits per heavy atom. The van der Waals surface area contributed by atoms with Crippen molar-refractivity contribution in [2.75, 3.05) is 14.2 Å². The first-order chi connectivity index (χ1) is 10.2. The molecular weight excluding hydrogens is 270 g/mol. The highest BCUT2D eigenvalue weighted by Gasteiger charge is 2.12. The molecule has 0 amide bonds. The Bertz CT molecular complexity index is 614. The van der Waals surface area contributed by atoms with Crippen molar-refractivity contribution in [3.05, 3.63) is 36.2 Å². The van der Waals surface area contributed by atoms with Crippen LogP contribution in [0.2, 0.25) is 0 Å². The van der Waals surface area contributed by atoms with Gasteiger partial charge in [-0.2, -0.15) is 5.10 Å². The molecule has 0 unspecified atom stereocenters. The molecule has 0 saturated heterocycles. The van der Waals surface area contributed by atoms with E-state index in [0.29, 0.717) is 28.7 Å². The van der Waals surface area contributed by atoms with Gasteiger partial charge in [0, 0.05) is 12.7 Å². The van der Waals surface area contributed by atoms with Crippen molar-refractivity contribution >= 4 is 11.5 Å². The van der Waals surface area contributed by atoms with E-state index in [1.54, 1.807) is 31.0 Å². The highest BCUT2D eigenvalue weighted by Crippen LogP contribution is 2.37. The second-order valence-corrected chi connectivity index (χ2v) is 4.17. The van der Waals surface area contributed by atoms with Crippen LogP contribution in [0.1, 0.15) is 12.6 Å². The van der Waals surface area contributed by atoms with Gasteiger partial charge < -0.3 is 14.9 Å². The molecule has 0 aliphatic rings. The van der Waals surface area contributed by atoms with Crippen molar-refractivity contribution in [2.45, 2.75) is 13.5 Å². The lowest BCUT2D eigenvalue weighted by molar-refractivity contribution is 0.397. The molecule has 2 rings (SSSR count). The first kappa shape index (κ1) is 14.9. The average molecular weight is 289 g/mol. The summed E-state index contributed by atoms with van der Waals surface area (Å²) in [4.78, 5) is 4.49. The summed E-state index contributed by atoms with van der Waals surface area (Å²) in [6.07, 6.45) is 1.86. The molecule has 0 radical (unpaired) electrons. The molecule has 7 nitrogen and oxygen atoms in total. The van der Waals surface area contributed by atoms with Gasteiger partial charge in [-0.1, -0.05) is 6.07 Å². The van der Waals surface area contributed by atoms with E-state index in [0.717, 1.165) is 6.54 Å². The van der Waals surface area contributed by atoms with Crippen molar-refractivity contribution in [1.82, 2.24) is 15.2 Å². The molecule has 1 aromatic carbocycles. The number of hydrogen-bond donors (Lipinski definition) is 2. The maximum Gasteiger partial charge on any atom is 0.168 e.